The molecule has 0 aliphatic heterocycles. The first-order chi connectivity index (χ1) is 13.2. The maximum absolute atomic E-state index is 12.8. The molecule has 0 aliphatic carbocycles. The van der Waals surface area contributed by atoms with E-state index in [1.54, 1.807) is 20.8 Å². The summed E-state index contributed by atoms with van der Waals surface area (Å²) < 4.78 is 25.7. The maximum Gasteiger partial charge on any atom is 0.267 e. The van der Waals surface area contributed by atoms with Crippen molar-refractivity contribution in [1.82, 2.24) is 9.88 Å². The minimum atomic E-state index is -3.28. The number of carbonyl (C=O) groups is 1. The molecule has 0 saturated carbocycles. The summed E-state index contributed by atoms with van der Waals surface area (Å²) in [5, 5.41) is 3.75. The van der Waals surface area contributed by atoms with Gasteiger partial charge in [0.1, 0.15) is 5.69 Å². The molecule has 0 spiro atoms. The number of nitrogens with zero attached hydrogens (tertiary/aromatic N) is 1. The van der Waals surface area contributed by atoms with Crippen LogP contribution >= 0.6 is 0 Å². The second kappa shape index (κ2) is 7.80. The standard InChI is InChI=1S/C22H26N2O3S/c1-22(2,3)28(26,27)14-13-23-21(25)20-15-18-11-7-8-12-19(18)24(20)16-17-9-5-4-6-10-17/h4-12,15H,13-14,16H2,1-3H3,(H,23,25). The molecule has 1 heterocycles. The van der Waals surface area contributed by atoms with E-state index in [1.807, 2.05) is 65.2 Å². The van der Waals surface area contributed by atoms with Crippen LogP contribution in [0.2, 0.25) is 0 Å². The average molecular weight is 399 g/mol. The fourth-order valence-corrected chi connectivity index (χ4v) is 4.01. The predicted molar refractivity (Wildman–Crippen MR) is 113 cm³/mol. The van der Waals surface area contributed by atoms with Crippen LogP contribution in [0.15, 0.2) is 60.7 Å². The number of nitrogens with one attached hydrogen (secondary N) is 1. The first kappa shape index (κ1) is 20.1. The lowest BCUT2D eigenvalue weighted by atomic mass is 10.2. The number of benzene rings is 2. The summed E-state index contributed by atoms with van der Waals surface area (Å²) in [6, 6.07) is 19.6. The van der Waals surface area contributed by atoms with E-state index in [4.69, 9.17) is 0 Å². The first-order valence-electron chi connectivity index (χ1n) is 9.32. The van der Waals surface area contributed by atoms with Gasteiger partial charge in [0.25, 0.3) is 5.91 Å². The molecular weight excluding hydrogens is 372 g/mol. The molecule has 0 radical (unpaired) electrons. The van der Waals surface area contributed by atoms with E-state index in [2.05, 4.69) is 5.32 Å². The Hall–Kier alpha value is -2.60. The van der Waals surface area contributed by atoms with Crippen molar-refractivity contribution in [2.24, 2.45) is 0 Å². The van der Waals surface area contributed by atoms with E-state index in [-0.39, 0.29) is 18.2 Å². The Bertz CT molecular complexity index is 1080. The monoisotopic (exact) mass is 398 g/mol. The third-order valence-corrected chi connectivity index (χ3v) is 7.42. The van der Waals surface area contributed by atoms with Gasteiger partial charge < -0.3 is 9.88 Å². The summed E-state index contributed by atoms with van der Waals surface area (Å²) >= 11 is 0. The fourth-order valence-electron chi connectivity index (χ4n) is 3.03. The number of fused-ring (bicyclic) bond motifs is 1. The quantitative estimate of drug-likeness (QED) is 0.689. The Morgan fingerprint density at radius 3 is 2.32 bits per heavy atom. The molecule has 3 aromatic rings. The Kier molecular flexibility index (Phi) is 5.61. The number of para-hydroxylation sites is 1. The molecule has 1 aromatic heterocycles. The van der Waals surface area contributed by atoms with Crippen LogP contribution in [-0.4, -0.2) is 35.9 Å². The van der Waals surface area contributed by atoms with E-state index in [0.29, 0.717) is 12.2 Å². The van der Waals surface area contributed by atoms with E-state index < -0.39 is 14.6 Å². The number of aromatic nitrogens is 1. The summed E-state index contributed by atoms with van der Waals surface area (Å²) in [7, 11) is -3.28. The molecular formula is C22H26N2O3S. The van der Waals surface area contributed by atoms with Gasteiger partial charge >= 0.3 is 0 Å². The second-order valence-corrected chi connectivity index (χ2v) is 10.7. The molecule has 1 amide bonds. The third kappa shape index (κ3) is 4.28. The van der Waals surface area contributed by atoms with Gasteiger partial charge in [-0.1, -0.05) is 48.5 Å². The van der Waals surface area contributed by atoms with Gasteiger partial charge in [0.15, 0.2) is 9.84 Å². The smallest absolute Gasteiger partial charge is 0.267 e. The zero-order valence-corrected chi connectivity index (χ0v) is 17.3. The second-order valence-electron chi connectivity index (χ2n) is 7.85. The van der Waals surface area contributed by atoms with E-state index >= 15 is 0 Å². The van der Waals surface area contributed by atoms with Crippen LogP contribution in [0.25, 0.3) is 10.9 Å². The molecule has 1 N–H and O–H groups in total. The number of hydrogen-bond acceptors (Lipinski definition) is 3. The maximum atomic E-state index is 12.8. The van der Waals surface area contributed by atoms with Crippen LogP contribution in [-0.2, 0) is 16.4 Å². The van der Waals surface area contributed by atoms with E-state index in [1.165, 1.54) is 0 Å². The molecule has 5 nitrogen and oxygen atoms in total. The lowest BCUT2D eigenvalue weighted by Crippen LogP contribution is -2.37. The van der Waals surface area contributed by atoms with E-state index in [9.17, 15) is 13.2 Å². The van der Waals surface area contributed by atoms with Crippen molar-refractivity contribution in [1.29, 1.82) is 0 Å². The van der Waals surface area contributed by atoms with Gasteiger partial charge in [-0.05, 0) is 38.5 Å². The van der Waals surface area contributed by atoms with Crippen molar-refractivity contribution in [2.75, 3.05) is 12.3 Å². The minimum absolute atomic E-state index is 0.0822. The third-order valence-electron chi connectivity index (χ3n) is 4.82. The zero-order chi connectivity index (χ0) is 20.4. The summed E-state index contributed by atoms with van der Waals surface area (Å²) in [6.07, 6.45) is 0. The van der Waals surface area contributed by atoms with Crippen LogP contribution < -0.4 is 5.32 Å². The molecule has 0 aliphatic rings. The van der Waals surface area contributed by atoms with Crippen molar-refractivity contribution < 1.29 is 13.2 Å². The SMILES string of the molecule is CC(C)(C)S(=O)(=O)CCNC(=O)c1cc2ccccc2n1Cc1ccccc1. The van der Waals surface area contributed by atoms with Gasteiger partial charge in [-0.3, -0.25) is 4.79 Å². The molecule has 0 bridgehead atoms. The van der Waals surface area contributed by atoms with Crippen molar-refractivity contribution in [3.05, 3.63) is 71.9 Å². The Balaban J connectivity index is 1.84. The number of rotatable bonds is 6. The highest BCUT2D eigenvalue weighted by molar-refractivity contribution is 7.92. The molecule has 0 saturated heterocycles. The predicted octanol–water partition coefficient (Wildman–Crippen LogP) is 3.63. The summed E-state index contributed by atoms with van der Waals surface area (Å²) in [4.78, 5) is 12.8. The van der Waals surface area contributed by atoms with Crippen molar-refractivity contribution in [2.45, 2.75) is 32.1 Å². The lowest BCUT2D eigenvalue weighted by Gasteiger charge is -2.19. The van der Waals surface area contributed by atoms with Gasteiger partial charge in [-0.15, -0.1) is 0 Å². The molecule has 6 heteroatoms. The van der Waals surface area contributed by atoms with Gasteiger partial charge in [-0.25, -0.2) is 8.42 Å². The molecule has 0 atom stereocenters. The lowest BCUT2D eigenvalue weighted by molar-refractivity contribution is 0.0947. The van der Waals surface area contributed by atoms with Crippen molar-refractivity contribution in [3.8, 4) is 0 Å². The minimum Gasteiger partial charge on any atom is -0.350 e. The van der Waals surface area contributed by atoms with Crippen LogP contribution in [0.3, 0.4) is 0 Å². The van der Waals surface area contributed by atoms with E-state index in [0.717, 1.165) is 16.5 Å². The topological polar surface area (TPSA) is 68.2 Å². The van der Waals surface area contributed by atoms with Gasteiger partial charge in [-0.2, -0.15) is 0 Å². The number of sulfone groups is 1. The highest BCUT2D eigenvalue weighted by Crippen LogP contribution is 2.21. The summed E-state index contributed by atoms with van der Waals surface area (Å²) in [5.74, 6) is -0.350. The number of carbonyl (C=O) groups excluding carboxylic acids is 1. The Labute approximate surface area is 166 Å². The zero-order valence-electron chi connectivity index (χ0n) is 16.5. The highest BCUT2D eigenvalue weighted by Gasteiger charge is 2.28. The van der Waals surface area contributed by atoms with Gasteiger partial charge in [0.05, 0.1) is 10.5 Å². The van der Waals surface area contributed by atoms with Crippen LogP contribution in [0.4, 0.5) is 0 Å². The van der Waals surface area contributed by atoms with Gasteiger partial charge in [0.2, 0.25) is 0 Å². The van der Waals surface area contributed by atoms with Crippen LogP contribution in [0.1, 0.15) is 36.8 Å². The molecule has 2 aromatic carbocycles. The van der Waals surface area contributed by atoms with Gasteiger partial charge in [0, 0.05) is 24.0 Å². The summed E-state index contributed by atoms with van der Waals surface area (Å²) in [6.45, 7) is 5.66. The first-order valence-corrected chi connectivity index (χ1v) is 11.0. The Morgan fingerprint density at radius 2 is 1.64 bits per heavy atom. The van der Waals surface area contributed by atoms with Crippen LogP contribution in [0.5, 0.6) is 0 Å². The average Bonchev–Trinajstić information content (AvgIpc) is 3.00. The largest absolute Gasteiger partial charge is 0.350 e. The van der Waals surface area contributed by atoms with Crippen molar-refractivity contribution >= 4 is 26.6 Å². The number of hydrogen-bond donors (Lipinski definition) is 1. The normalized spacial score (nSPS) is 12.2. The fraction of sp³-hybridized carbons (Fsp3) is 0.318. The summed E-state index contributed by atoms with van der Waals surface area (Å²) in [5.41, 5.74) is 2.59. The number of amides is 1. The van der Waals surface area contributed by atoms with Crippen LogP contribution in [0, 0.1) is 0 Å². The molecule has 148 valence electrons. The Morgan fingerprint density at radius 1 is 1.00 bits per heavy atom. The molecule has 0 fully saturated rings. The van der Waals surface area contributed by atoms with Crippen molar-refractivity contribution in [3.63, 3.8) is 0 Å². The molecule has 3 rings (SSSR count). The molecule has 0 unspecified atom stereocenters. The molecule has 28 heavy (non-hydrogen) atoms. The highest BCUT2D eigenvalue weighted by atomic mass is 32.2.